The van der Waals surface area contributed by atoms with Crippen LogP contribution in [0.5, 0.6) is 5.75 Å². The van der Waals surface area contributed by atoms with Gasteiger partial charge in [-0.1, -0.05) is 46.6 Å². The molecular formula is C27H15Cl2F3N2O3. The highest BCUT2D eigenvalue weighted by atomic mass is 35.5. The molecule has 1 heterocycles. The molecule has 0 saturated carbocycles. The van der Waals surface area contributed by atoms with Gasteiger partial charge in [-0.15, -0.1) is 0 Å². The van der Waals surface area contributed by atoms with Crippen LogP contribution in [0, 0.1) is 18.3 Å². The van der Waals surface area contributed by atoms with Gasteiger partial charge >= 0.3 is 12.1 Å². The maximum atomic E-state index is 13.0. The van der Waals surface area contributed by atoms with E-state index >= 15 is 0 Å². The molecular weight excluding hydrogens is 528 g/mol. The van der Waals surface area contributed by atoms with Crippen LogP contribution >= 0.6 is 23.2 Å². The highest BCUT2D eigenvalue weighted by molar-refractivity contribution is 6.39. The van der Waals surface area contributed by atoms with Gasteiger partial charge in [0.15, 0.2) is 0 Å². The van der Waals surface area contributed by atoms with Gasteiger partial charge in [0.1, 0.15) is 22.8 Å². The molecule has 4 aromatic rings. The molecule has 10 heteroatoms. The zero-order valence-electron chi connectivity index (χ0n) is 18.9. The normalized spacial score (nSPS) is 11.8. The molecule has 0 unspecified atom stereocenters. The lowest BCUT2D eigenvalue weighted by Crippen LogP contribution is -2.10. The Kier molecular flexibility index (Phi) is 7.39. The van der Waals surface area contributed by atoms with Crippen molar-refractivity contribution in [1.29, 1.82) is 5.26 Å². The number of esters is 1. The number of aryl methyl sites for hydroxylation is 1. The summed E-state index contributed by atoms with van der Waals surface area (Å²) in [5.74, 6) is -0.366. The molecule has 186 valence electrons. The lowest BCUT2D eigenvalue weighted by molar-refractivity contribution is -0.137. The summed E-state index contributed by atoms with van der Waals surface area (Å²) >= 11 is 12.5. The first-order valence-corrected chi connectivity index (χ1v) is 11.4. The van der Waals surface area contributed by atoms with Crippen LogP contribution in [0.1, 0.15) is 32.8 Å². The van der Waals surface area contributed by atoms with Crippen molar-refractivity contribution in [3.05, 3.63) is 105 Å². The van der Waals surface area contributed by atoms with Gasteiger partial charge in [-0.25, -0.2) is 4.79 Å². The number of hydrogen-bond donors (Lipinski definition) is 0. The molecule has 0 spiro atoms. The first-order chi connectivity index (χ1) is 17.6. The molecule has 0 aliphatic heterocycles. The summed E-state index contributed by atoms with van der Waals surface area (Å²) in [5, 5.41) is 14.0. The lowest BCUT2D eigenvalue weighted by atomic mass is 10.0. The fourth-order valence-corrected chi connectivity index (χ4v) is 4.06. The first-order valence-electron chi connectivity index (χ1n) is 10.6. The highest BCUT2D eigenvalue weighted by Crippen LogP contribution is 2.37. The second-order valence-corrected chi connectivity index (χ2v) is 8.58. The second-order valence-electron chi connectivity index (χ2n) is 7.76. The average molecular weight is 543 g/mol. The van der Waals surface area contributed by atoms with Crippen LogP contribution in [0.25, 0.3) is 22.9 Å². The maximum absolute atomic E-state index is 13.0. The summed E-state index contributed by atoms with van der Waals surface area (Å²) in [6.07, 6.45) is -2.99. The zero-order chi connectivity index (χ0) is 26.7. The van der Waals surface area contributed by atoms with Crippen LogP contribution in [0.2, 0.25) is 10.0 Å². The SMILES string of the molecule is Cc1onc(-c2c(Cl)cccc2Cl)c1C(=O)Oc1ccc(C(C#N)=Cc2ccc(C(F)(F)F)cc2)cc1. The van der Waals surface area contributed by atoms with E-state index in [0.29, 0.717) is 16.7 Å². The molecule has 0 atom stereocenters. The third kappa shape index (κ3) is 5.69. The van der Waals surface area contributed by atoms with E-state index in [1.165, 1.54) is 30.3 Å². The minimum atomic E-state index is -4.45. The minimum Gasteiger partial charge on any atom is -0.423 e. The number of ether oxygens (including phenoxy) is 1. The van der Waals surface area contributed by atoms with E-state index in [4.69, 9.17) is 32.5 Å². The molecule has 0 bridgehead atoms. The number of carbonyl (C=O) groups is 1. The van der Waals surface area contributed by atoms with Gasteiger partial charge in [-0.05, 0) is 72.7 Å². The van der Waals surface area contributed by atoms with E-state index in [9.17, 15) is 23.2 Å². The van der Waals surface area contributed by atoms with Crippen LogP contribution in [0.3, 0.4) is 0 Å². The summed E-state index contributed by atoms with van der Waals surface area (Å²) in [6, 6.07) is 17.4. The Morgan fingerprint density at radius 2 is 1.65 bits per heavy atom. The fraction of sp³-hybridized carbons (Fsp3) is 0.0741. The molecule has 1 aromatic heterocycles. The number of hydrogen-bond acceptors (Lipinski definition) is 5. The summed E-state index contributed by atoms with van der Waals surface area (Å²) in [6.45, 7) is 1.55. The van der Waals surface area contributed by atoms with Gasteiger partial charge in [0, 0.05) is 5.56 Å². The number of nitriles is 1. The van der Waals surface area contributed by atoms with Gasteiger partial charge in [-0.2, -0.15) is 18.4 Å². The predicted molar refractivity (Wildman–Crippen MR) is 133 cm³/mol. The first kappa shape index (κ1) is 26.0. The summed E-state index contributed by atoms with van der Waals surface area (Å²) < 4.78 is 49.0. The summed E-state index contributed by atoms with van der Waals surface area (Å²) in [7, 11) is 0. The molecule has 0 saturated heterocycles. The van der Waals surface area contributed by atoms with Crippen molar-refractivity contribution < 1.29 is 27.2 Å². The van der Waals surface area contributed by atoms with E-state index in [1.807, 2.05) is 6.07 Å². The molecule has 0 radical (unpaired) electrons. The van der Waals surface area contributed by atoms with Gasteiger partial charge in [0.2, 0.25) is 0 Å². The molecule has 37 heavy (non-hydrogen) atoms. The van der Waals surface area contributed by atoms with Crippen LogP contribution in [-0.4, -0.2) is 11.1 Å². The number of rotatable bonds is 5. The van der Waals surface area contributed by atoms with E-state index in [2.05, 4.69) is 5.16 Å². The number of nitrogens with zero attached hydrogens (tertiary/aromatic N) is 2. The van der Waals surface area contributed by atoms with Crippen molar-refractivity contribution in [2.24, 2.45) is 0 Å². The third-order valence-corrected chi connectivity index (χ3v) is 5.94. The predicted octanol–water partition coefficient (Wildman–Crippen LogP) is 8.26. The number of allylic oxidation sites excluding steroid dienone is 1. The van der Waals surface area contributed by atoms with Gasteiger partial charge in [0.25, 0.3) is 0 Å². The van der Waals surface area contributed by atoms with E-state index < -0.39 is 17.7 Å². The van der Waals surface area contributed by atoms with Crippen molar-refractivity contribution in [1.82, 2.24) is 5.16 Å². The van der Waals surface area contributed by atoms with E-state index in [1.54, 1.807) is 37.3 Å². The Bertz CT molecular complexity index is 1520. The van der Waals surface area contributed by atoms with Crippen molar-refractivity contribution in [2.45, 2.75) is 13.1 Å². The van der Waals surface area contributed by atoms with Crippen LogP contribution in [0.15, 0.2) is 71.3 Å². The fourth-order valence-electron chi connectivity index (χ4n) is 3.48. The topological polar surface area (TPSA) is 76.1 Å². The third-order valence-electron chi connectivity index (χ3n) is 5.31. The van der Waals surface area contributed by atoms with Crippen molar-refractivity contribution in [3.63, 3.8) is 0 Å². The maximum Gasteiger partial charge on any atom is 0.416 e. The lowest BCUT2D eigenvalue weighted by Gasteiger charge is -2.08. The van der Waals surface area contributed by atoms with Crippen molar-refractivity contribution in [2.75, 3.05) is 0 Å². The summed E-state index contributed by atoms with van der Waals surface area (Å²) in [4.78, 5) is 13.0. The minimum absolute atomic E-state index is 0.0546. The zero-order valence-corrected chi connectivity index (χ0v) is 20.4. The molecule has 5 nitrogen and oxygen atoms in total. The number of alkyl halides is 3. The highest BCUT2D eigenvalue weighted by Gasteiger charge is 2.30. The number of halogens is 5. The molecule has 0 fully saturated rings. The standard InChI is InChI=1S/C27H15Cl2F3N2O3/c1-15-23(25(34-37-15)24-21(28)3-2-4-22(24)29)26(35)36-20-11-7-17(8-12-20)18(14-33)13-16-5-9-19(10-6-16)27(30,31)32/h2-13H,1H3. The Morgan fingerprint density at radius 3 is 2.22 bits per heavy atom. The Morgan fingerprint density at radius 1 is 1.03 bits per heavy atom. The van der Waals surface area contributed by atoms with E-state index in [0.717, 1.165) is 12.1 Å². The largest absolute Gasteiger partial charge is 0.423 e. The van der Waals surface area contributed by atoms with Crippen molar-refractivity contribution in [3.8, 4) is 23.1 Å². The van der Waals surface area contributed by atoms with Gasteiger partial charge in [0.05, 0.1) is 27.3 Å². The molecule has 0 aliphatic rings. The monoisotopic (exact) mass is 542 g/mol. The van der Waals surface area contributed by atoms with Crippen LogP contribution < -0.4 is 4.74 Å². The number of carbonyl (C=O) groups excluding carboxylic acids is 1. The number of benzene rings is 3. The summed E-state index contributed by atoms with van der Waals surface area (Å²) in [5.41, 5.74) is 0.859. The molecule has 0 amide bonds. The Hall–Kier alpha value is -4.06. The quantitative estimate of drug-likeness (QED) is 0.110. The van der Waals surface area contributed by atoms with Gasteiger partial charge in [-0.3, -0.25) is 0 Å². The smallest absolute Gasteiger partial charge is 0.416 e. The average Bonchev–Trinajstić information content (AvgIpc) is 3.23. The Labute approximate surface area is 219 Å². The molecule has 3 aromatic carbocycles. The van der Waals surface area contributed by atoms with Crippen LogP contribution in [0.4, 0.5) is 13.2 Å². The van der Waals surface area contributed by atoms with Crippen LogP contribution in [-0.2, 0) is 6.18 Å². The second kappa shape index (κ2) is 10.5. The Balaban J connectivity index is 1.56. The number of aromatic nitrogens is 1. The van der Waals surface area contributed by atoms with Gasteiger partial charge < -0.3 is 9.26 Å². The molecule has 0 N–H and O–H groups in total. The van der Waals surface area contributed by atoms with Crippen molar-refractivity contribution >= 4 is 40.8 Å². The molecule has 0 aliphatic carbocycles. The molecule has 4 rings (SSSR count). The van der Waals surface area contributed by atoms with E-state index in [-0.39, 0.29) is 38.4 Å².